The van der Waals surface area contributed by atoms with Gasteiger partial charge in [0.1, 0.15) is 11.4 Å². The number of hydrogen-bond donors (Lipinski definition) is 1. The molecule has 0 aliphatic rings. The van der Waals surface area contributed by atoms with Gasteiger partial charge >= 0.3 is 5.97 Å². The van der Waals surface area contributed by atoms with Gasteiger partial charge in [-0.05, 0) is 44.2 Å². The molecule has 142 valence electrons. The van der Waals surface area contributed by atoms with Gasteiger partial charge in [0.15, 0.2) is 0 Å². The number of esters is 1. The zero-order chi connectivity index (χ0) is 20.0. The van der Waals surface area contributed by atoms with Gasteiger partial charge in [0.2, 0.25) is 0 Å². The van der Waals surface area contributed by atoms with E-state index in [0.717, 1.165) is 0 Å². The molecule has 0 aliphatic carbocycles. The Morgan fingerprint density at radius 1 is 1.11 bits per heavy atom. The summed E-state index contributed by atoms with van der Waals surface area (Å²) in [5, 5.41) is 2.86. The van der Waals surface area contributed by atoms with E-state index < -0.39 is 11.9 Å². The lowest BCUT2D eigenvalue weighted by Gasteiger charge is -2.18. The molecule has 0 saturated heterocycles. The summed E-state index contributed by atoms with van der Waals surface area (Å²) in [5.74, 6) is -1.35. The monoisotopic (exact) mass is 389 g/mol. The van der Waals surface area contributed by atoms with Gasteiger partial charge in [0, 0.05) is 13.1 Å². The lowest BCUT2D eigenvalue weighted by atomic mass is 10.2. The number of benzene rings is 1. The third-order valence-electron chi connectivity index (χ3n) is 3.89. The molecule has 1 aromatic carbocycles. The Hall–Kier alpha value is -2.93. The second-order valence-corrected chi connectivity index (χ2v) is 5.93. The fourth-order valence-corrected chi connectivity index (χ4v) is 2.57. The molecule has 8 heteroatoms. The van der Waals surface area contributed by atoms with E-state index in [0.29, 0.717) is 13.1 Å². The van der Waals surface area contributed by atoms with E-state index in [9.17, 15) is 14.4 Å². The third kappa shape index (κ3) is 4.83. The average Bonchev–Trinajstić information content (AvgIpc) is 2.69. The second kappa shape index (κ2) is 9.14. The van der Waals surface area contributed by atoms with E-state index in [1.165, 1.54) is 31.4 Å². The summed E-state index contributed by atoms with van der Waals surface area (Å²) in [4.78, 5) is 42.3. The van der Waals surface area contributed by atoms with Crippen molar-refractivity contribution in [3.8, 4) is 0 Å². The first-order valence-electron chi connectivity index (χ1n) is 8.36. The highest BCUT2D eigenvalue weighted by Crippen LogP contribution is 2.24. The van der Waals surface area contributed by atoms with Crippen LogP contribution < -0.4 is 5.32 Å². The summed E-state index contributed by atoms with van der Waals surface area (Å²) >= 11 is 6.09. The van der Waals surface area contributed by atoms with Crippen LogP contribution in [0.15, 0.2) is 36.4 Å². The summed E-state index contributed by atoms with van der Waals surface area (Å²) in [7, 11) is 1.26. The van der Waals surface area contributed by atoms with Crippen LogP contribution in [0.1, 0.15) is 45.2 Å². The van der Waals surface area contributed by atoms with Gasteiger partial charge in [-0.25, -0.2) is 9.78 Å². The Labute approximate surface area is 162 Å². The van der Waals surface area contributed by atoms with Gasteiger partial charge < -0.3 is 15.0 Å². The lowest BCUT2D eigenvalue weighted by molar-refractivity contribution is 0.0600. The van der Waals surface area contributed by atoms with Gasteiger partial charge in [0.05, 0.1) is 23.4 Å². The zero-order valence-corrected chi connectivity index (χ0v) is 16.0. The van der Waals surface area contributed by atoms with Crippen LogP contribution in [0, 0.1) is 0 Å². The second-order valence-electron chi connectivity index (χ2n) is 5.53. The number of carbonyl (C=O) groups excluding carboxylic acids is 3. The van der Waals surface area contributed by atoms with E-state index in [1.807, 2.05) is 13.8 Å². The molecule has 0 aliphatic heterocycles. The van der Waals surface area contributed by atoms with E-state index in [2.05, 4.69) is 15.0 Å². The van der Waals surface area contributed by atoms with Crippen LogP contribution in [-0.2, 0) is 4.74 Å². The van der Waals surface area contributed by atoms with Crippen LogP contribution in [0.2, 0.25) is 5.02 Å². The van der Waals surface area contributed by atoms with Crippen LogP contribution in [0.4, 0.5) is 5.69 Å². The predicted molar refractivity (Wildman–Crippen MR) is 102 cm³/mol. The molecule has 2 amide bonds. The normalized spacial score (nSPS) is 10.2. The Morgan fingerprint density at radius 2 is 1.78 bits per heavy atom. The molecule has 2 rings (SSSR count). The molecule has 1 heterocycles. The number of ether oxygens (including phenoxy) is 1. The van der Waals surface area contributed by atoms with Crippen molar-refractivity contribution in [1.82, 2.24) is 9.88 Å². The van der Waals surface area contributed by atoms with Crippen molar-refractivity contribution < 1.29 is 19.1 Å². The smallest absolute Gasteiger partial charge is 0.337 e. The molecule has 0 saturated carbocycles. The molecule has 1 N–H and O–H groups in total. The van der Waals surface area contributed by atoms with Crippen molar-refractivity contribution >= 4 is 35.1 Å². The summed E-state index contributed by atoms with van der Waals surface area (Å²) in [6, 6.07) is 9.03. The van der Waals surface area contributed by atoms with Gasteiger partial charge in [-0.1, -0.05) is 17.7 Å². The number of hydrogen-bond acceptors (Lipinski definition) is 5. The van der Waals surface area contributed by atoms with Crippen molar-refractivity contribution in [2.24, 2.45) is 0 Å². The van der Waals surface area contributed by atoms with Gasteiger partial charge in [-0.15, -0.1) is 0 Å². The van der Waals surface area contributed by atoms with Gasteiger partial charge in [0.25, 0.3) is 11.8 Å². The SMILES string of the molecule is CCN(CC)C(=O)c1cccc(C(=O)Nc2cc(C(=O)OC)ccc2Cl)n1. The van der Waals surface area contributed by atoms with Crippen LogP contribution in [-0.4, -0.2) is 47.9 Å². The van der Waals surface area contributed by atoms with E-state index in [1.54, 1.807) is 17.0 Å². The first-order valence-corrected chi connectivity index (χ1v) is 8.74. The summed E-state index contributed by atoms with van der Waals surface area (Å²) < 4.78 is 4.66. The molecule has 0 bridgehead atoms. The molecular formula is C19H20ClN3O4. The number of methoxy groups -OCH3 is 1. The molecule has 0 unspecified atom stereocenters. The van der Waals surface area contributed by atoms with Gasteiger partial charge in [-0.3, -0.25) is 9.59 Å². The first kappa shape index (κ1) is 20.4. The Morgan fingerprint density at radius 3 is 2.41 bits per heavy atom. The number of nitrogens with zero attached hydrogens (tertiary/aromatic N) is 2. The molecule has 7 nitrogen and oxygen atoms in total. The summed E-state index contributed by atoms with van der Waals surface area (Å²) in [6.45, 7) is 4.83. The molecule has 0 radical (unpaired) electrons. The van der Waals surface area contributed by atoms with E-state index in [4.69, 9.17) is 11.6 Å². The zero-order valence-electron chi connectivity index (χ0n) is 15.3. The van der Waals surface area contributed by atoms with Gasteiger partial charge in [-0.2, -0.15) is 0 Å². The maximum atomic E-state index is 12.5. The standard InChI is InChI=1S/C19H20ClN3O4/c1-4-23(5-2)18(25)15-8-6-7-14(21-15)17(24)22-16-11-12(19(26)27-3)9-10-13(16)20/h6-11H,4-5H2,1-3H3,(H,22,24). The van der Waals surface area contributed by atoms with Crippen LogP contribution in [0.3, 0.4) is 0 Å². The highest BCUT2D eigenvalue weighted by atomic mass is 35.5. The lowest BCUT2D eigenvalue weighted by Crippen LogP contribution is -2.31. The fraction of sp³-hybridized carbons (Fsp3) is 0.263. The minimum atomic E-state index is -0.549. The number of nitrogens with one attached hydrogen (secondary N) is 1. The Balaban J connectivity index is 2.25. The number of anilines is 1. The molecular weight excluding hydrogens is 370 g/mol. The fourth-order valence-electron chi connectivity index (χ4n) is 2.41. The summed E-state index contributed by atoms with van der Waals surface area (Å²) in [6.07, 6.45) is 0. The highest BCUT2D eigenvalue weighted by Gasteiger charge is 2.17. The molecule has 0 spiro atoms. The number of carbonyl (C=O) groups is 3. The minimum absolute atomic E-state index is 0.0625. The van der Waals surface area contributed by atoms with Crippen molar-refractivity contribution in [3.05, 3.63) is 58.4 Å². The maximum Gasteiger partial charge on any atom is 0.337 e. The average molecular weight is 390 g/mol. The van der Waals surface area contributed by atoms with Crippen molar-refractivity contribution in [1.29, 1.82) is 0 Å². The quantitative estimate of drug-likeness (QED) is 0.766. The third-order valence-corrected chi connectivity index (χ3v) is 4.22. The van der Waals surface area contributed by atoms with E-state index in [-0.39, 0.29) is 33.6 Å². The van der Waals surface area contributed by atoms with Crippen LogP contribution >= 0.6 is 11.6 Å². The van der Waals surface area contributed by atoms with E-state index >= 15 is 0 Å². The molecule has 27 heavy (non-hydrogen) atoms. The molecule has 1 aromatic heterocycles. The van der Waals surface area contributed by atoms with Crippen molar-refractivity contribution in [3.63, 3.8) is 0 Å². The first-order chi connectivity index (χ1) is 12.9. The minimum Gasteiger partial charge on any atom is -0.465 e. The number of pyridine rings is 1. The van der Waals surface area contributed by atoms with Crippen molar-refractivity contribution in [2.75, 3.05) is 25.5 Å². The molecule has 0 atom stereocenters. The molecule has 2 aromatic rings. The number of amides is 2. The Kier molecular flexibility index (Phi) is 6.90. The summed E-state index contributed by atoms with van der Waals surface area (Å²) in [5.41, 5.74) is 0.732. The molecule has 0 fully saturated rings. The largest absolute Gasteiger partial charge is 0.465 e. The number of aromatic nitrogens is 1. The topological polar surface area (TPSA) is 88.6 Å². The maximum absolute atomic E-state index is 12.5. The highest BCUT2D eigenvalue weighted by molar-refractivity contribution is 6.34. The van der Waals surface area contributed by atoms with Crippen LogP contribution in [0.5, 0.6) is 0 Å². The van der Waals surface area contributed by atoms with Crippen LogP contribution in [0.25, 0.3) is 0 Å². The van der Waals surface area contributed by atoms with Crippen molar-refractivity contribution in [2.45, 2.75) is 13.8 Å². The Bertz CT molecular complexity index is 866. The number of halogens is 1. The number of rotatable bonds is 6. The predicted octanol–water partition coefficient (Wildman–Crippen LogP) is 3.26.